The smallest absolute Gasteiger partial charge is 0.00977 e. The Bertz CT molecular complexity index is 206. The first kappa shape index (κ1) is 13.4. The molecule has 0 aliphatic heterocycles. The minimum atomic E-state index is 0.824. The fraction of sp³-hybridized carbons (Fsp3) is 1.00. The number of nitrogens with one attached hydrogen (secondary N) is 1. The molecule has 0 saturated heterocycles. The molecule has 1 N–H and O–H groups in total. The van der Waals surface area contributed by atoms with Crippen LogP contribution < -0.4 is 5.32 Å². The normalized spacial score (nSPS) is 31.2. The van der Waals surface area contributed by atoms with Crippen LogP contribution in [0.4, 0.5) is 0 Å². The van der Waals surface area contributed by atoms with Crippen LogP contribution in [0.2, 0.25) is 0 Å². The van der Waals surface area contributed by atoms with Gasteiger partial charge in [0.15, 0.2) is 0 Å². The van der Waals surface area contributed by atoms with E-state index in [-0.39, 0.29) is 0 Å². The fourth-order valence-corrected chi connectivity index (χ4v) is 3.98. The first-order chi connectivity index (χ1) is 8.27. The standard InChI is InChI=1S/C16H31N/c1-13(2)15-9-5-6-10-16(15)17-12-11-14-7-3-4-8-14/h13-17H,3-12H2,1-2H3. The van der Waals surface area contributed by atoms with Crippen LogP contribution in [-0.4, -0.2) is 12.6 Å². The van der Waals surface area contributed by atoms with E-state index in [0.717, 1.165) is 23.8 Å². The Hall–Kier alpha value is -0.0400. The van der Waals surface area contributed by atoms with E-state index >= 15 is 0 Å². The quantitative estimate of drug-likeness (QED) is 0.748. The van der Waals surface area contributed by atoms with Crippen molar-refractivity contribution in [2.75, 3.05) is 6.54 Å². The van der Waals surface area contributed by atoms with Crippen molar-refractivity contribution in [1.29, 1.82) is 0 Å². The van der Waals surface area contributed by atoms with E-state index in [1.165, 1.54) is 64.3 Å². The van der Waals surface area contributed by atoms with Crippen molar-refractivity contribution >= 4 is 0 Å². The summed E-state index contributed by atoms with van der Waals surface area (Å²) in [5.74, 6) is 2.84. The molecule has 0 spiro atoms. The highest BCUT2D eigenvalue weighted by atomic mass is 14.9. The first-order valence-electron chi connectivity index (χ1n) is 8.00. The van der Waals surface area contributed by atoms with Crippen LogP contribution >= 0.6 is 0 Å². The molecule has 2 atom stereocenters. The van der Waals surface area contributed by atoms with Crippen LogP contribution in [0.25, 0.3) is 0 Å². The van der Waals surface area contributed by atoms with Crippen molar-refractivity contribution in [1.82, 2.24) is 5.32 Å². The van der Waals surface area contributed by atoms with Gasteiger partial charge in [-0.25, -0.2) is 0 Å². The van der Waals surface area contributed by atoms with Gasteiger partial charge in [0.1, 0.15) is 0 Å². The van der Waals surface area contributed by atoms with Gasteiger partial charge in [-0.2, -0.15) is 0 Å². The summed E-state index contributed by atoms with van der Waals surface area (Å²) in [6.45, 7) is 6.09. The van der Waals surface area contributed by atoms with Crippen LogP contribution in [0.5, 0.6) is 0 Å². The Morgan fingerprint density at radius 2 is 1.59 bits per heavy atom. The van der Waals surface area contributed by atoms with Crippen molar-refractivity contribution in [3.8, 4) is 0 Å². The van der Waals surface area contributed by atoms with Gasteiger partial charge in [-0.3, -0.25) is 0 Å². The second kappa shape index (κ2) is 6.78. The molecule has 17 heavy (non-hydrogen) atoms. The lowest BCUT2D eigenvalue weighted by molar-refractivity contribution is 0.203. The van der Waals surface area contributed by atoms with Gasteiger partial charge in [0, 0.05) is 6.04 Å². The molecule has 0 aromatic carbocycles. The maximum atomic E-state index is 3.88. The molecule has 0 heterocycles. The summed E-state index contributed by atoms with van der Waals surface area (Å²) in [4.78, 5) is 0. The van der Waals surface area contributed by atoms with Crippen LogP contribution in [-0.2, 0) is 0 Å². The molecule has 0 amide bonds. The Morgan fingerprint density at radius 1 is 0.941 bits per heavy atom. The molecule has 100 valence electrons. The molecule has 0 radical (unpaired) electrons. The van der Waals surface area contributed by atoms with E-state index < -0.39 is 0 Å². The molecule has 1 nitrogen and oxygen atoms in total. The predicted octanol–water partition coefficient (Wildman–Crippen LogP) is 4.37. The summed E-state index contributed by atoms with van der Waals surface area (Å²) in [5, 5.41) is 3.88. The lowest BCUT2D eigenvalue weighted by Gasteiger charge is -2.35. The van der Waals surface area contributed by atoms with Gasteiger partial charge in [-0.15, -0.1) is 0 Å². The van der Waals surface area contributed by atoms with Gasteiger partial charge in [0.2, 0.25) is 0 Å². The van der Waals surface area contributed by atoms with Crippen LogP contribution in [0.15, 0.2) is 0 Å². The highest BCUT2D eigenvalue weighted by molar-refractivity contribution is 4.83. The zero-order valence-corrected chi connectivity index (χ0v) is 11.9. The Kier molecular flexibility index (Phi) is 5.34. The van der Waals surface area contributed by atoms with Crippen LogP contribution in [0.3, 0.4) is 0 Å². The molecule has 0 aromatic heterocycles. The highest BCUT2D eigenvalue weighted by Gasteiger charge is 2.27. The average Bonchev–Trinajstić information content (AvgIpc) is 2.82. The average molecular weight is 237 g/mol. The summed E-state index contributed by atoms with van der Waals surface area (Å²) in [5.41, 5.74) is 0. The minimum Gasteiger partial charge on any atom is -0.314 e. The first-order valence-corrected chi connectivity index (χ1v) is 8.00. The van der Waals surface area contributed by atoms with Crippen molar-refractivity contribution < 1.29 is 0 Å². The van der Waals surface area contributed by atoms with Crippen molar-refractivity contribution in [3.05, 3.63) is 0 Å². The number of hydrogen-bond acceptors (Lipinski definition) is 1. The second-order valence-electron chi connectivity index (χ2n) is 6.69. The number of hydrogen-bond donors (Lipinski definition) is 1. The van der Waals surface area contributed by atoms with E-state index in [0.29, 0.717) is 0 Å². The summed E-state index contributed by atoms with van der Waals surface area (Å²) >= 11 is 0. The lowest BCUT2D eigenvalue weighted by atomic mass is 9.78. The summed E-state index contributed by atoms with van der Waals surface area (Å²) in [7, 11) is 0. The molecule has 0 bridgehead atoms. The largest absolute Gasteiger partial charge is 0.314 e. The van der Waals surface area contributed by atoms with Crippen molar-refractivity contribution in [2.24, 2.45) is 17.8 Å². The predicted molar refractivity (Wildman–Crippen MR) is 75.2 cm³/mol. The van der Waals surface area contributed by atoms with Gasteiger partial charge >= 0.3 is 0 Å². The fourth-order valence-electron chi connectivity index (χ4n) is 3.98. The summed E-state index contributed by atoms with van der Waals surface area (Å²) < 4.78 is 0. The lowest BCUT2D eigenvalue weighted by Crippen LogP contribution is -2.41. The number of rotatable bonds is 5. The molecule has 0 aromatic rings. The van der Waals surface area contributed by atoms with E-state index in [1.54, 1.807) is 0 Å². The monoisotopic (exact) mass is 237 g/mol. The van der Waals surface area contributed by atoms with E-state index in [4.69, 9.17) is 0 Å². The molecule has 1 heteroatoms. The van der Waals surface area contributed by atoms with E-state index in [2.05, 4.69) is 19.2 Å². The molecule has 2 saturated carbocycles. The Morgan fingerprint density at radius 3 is 2.29 bits per heavy atom. The van der Waals surface area contributed by atoms with E-state index in [1.807, 2.05) is 0 Å². The van der Waals surface area contributed by atoms with E-state index in [9.17, 15) is 0 Å². The van der Waals surface area contributed by atoms with Gasteiger partial charge in [0.25, 0.3) is 0 Å². The topological polar surface area (TPSA) is 12.0 Å². The molecular weight excluding hydrogens is 206 g/mol. The molecule has 2 fully saturated rings. The van der Waals surface area contributed by atoms with Crippen LogP contribution in [0.1, 0.15) is 71.6 Å². The molecule has 2 aliphatic rings. The third-order valence-electron chi connectivity index (χ3n) is 5.11. The second-order valence-corrected chi connectivity index (χ2v) is 6.69. The zero-order valence-electron chi connectivity index (χ0n) is 11.9. The molecule has 2 unspecified atom stereocenters. The Balaban J connectivity index is 1.68. The van der Waals surface area contributed by atoms with Gasteiger partial charge in [-0.1, -0.05) is 52.4 Å². The van der Waals surface area contributed by atoms with Gasteiger partial charge in [0.05, 0.1) is 0 Å². The maximum absolute atomic E-state index is 3.88. The summed E-state index contributed by atoms with van der Waals surface area (Å²) in [6.07, 6.45) is 13.2. The van der Waals surface area contributed by atoms with Crippen LogP contribution in [0, 0.1) is 17.8 Å². The zero-order chi connectivity index (χ0) is 12.1. The highest BCUT2D eigenvalue weighted by Crippen LogP contribution is 2.31. The SMILES string of the molecule is CC(C)C1CCCCC1NCCC1CCCC1. The Labute approximate surface area is 108 Å². The van der Waals surface area contributed by atoms with Gasteiger partial charge < -0.3 is 5.32 Å². The molecular formula is C16H31N. The third-order valence-corrected chi connectivity index (χ3v) is 5.11. The van der Waals surface area contributed by atoms with Crippen molar-refractivity contribution in [3.63, 3.8) is 0 Å². The molecule has 2 rings (SSSR count). The van der Waals surface area contributed by atoms with Gasteiger partial charge in [-0.05, 0) is 43.6 Å². The molecule has 2 aliphatic carbocycles. The maximum Gasteiger partial charge on any atom is 0.00977 e. The third kappa shape index (κ3) is 3.98. The summed E-state index contributed by atoms with van der Waals surface area (Å²) in [6, 6.07) is 0.824. The minimum absolute atomic E-state index is 0.824. The van der Waals surface area contributed by atoms with Crippen molar-refractivity contribution in [2.45, 2.75) is 77.7 Å².